The average Bonchev–Trinajstić information content (AvgIpc) is 3.38. The summed E-state index contributed by atoms with van der Waals surface area (Å²) in [5, 5.41) is 12.9. The summed E-state index contributed by atoms with van der Waals surface area (Å²) in [6.45, 7) is 3.96. The van der Waals surface area contributed by atoms with Gasteiger partial charge in [-0.3, -0.25) is 4.57 Å². The lowest BCUT2D eigenvalue weighted by Gasteiger charge is -2.18. The fourth-order valence-corrected chi connectivity index (χ4v) is 4.68. The van der Waals surface area contributed by atoms with E-state index in [9.17, 15) is 8.42 Å². The molecule has 2 heterocycles. The van der Waals surface area contributed by atoms with E-state index in [1.165, 1.54) is 25.9 Å². The van der Waals surface area contributed by atoms with Crippen molar-refractivity contribution in [1.29, 1.82) is 0 Å². The minimum atomic E-state index is -3.60. The van der Waals surface area contributed by atoms with E-state index >= 15 is 0 Å². The van der Waals surface area contributed by atoms with Crippen LogP contribution < -0.4 is 0 Å². The first-order valence-electron chi connectivity index (χ1n) is 9.66. The number of nitrogens with zero attached hydrogens (tertiary/aromatic N) is 6. The minimum absolute atomic E-state index is 0.161. The van der Waals surface area contributed by atoms with Crippen LogP contribution in [0.25, 0.3) is 11.4 Å². The molecule has 3 aromatic rings. The Morgan fingerprint density at radius 1 is 1.22 bits per heavy atom. The van der Waals surface area contributed by atoms with Gasteiger partial charge < -0.3 is 14.0 Å². The molecule has 13 heteroatoms. The number of thioether (sulfide) groups is 1. The van der Waals surface area contributed by atoms with Crippen molar-refractivity contribution in [2.75, 3.05) is 28.3 Å². The molecule has 0 spiro atoms. The average molecular weight is 483 g/mol. The summed E-state index contributed by atoms with van der Waals surface area (Å²) in [6.07, 6.45) is -0.557. The highest BCUT2D eigenvalue weighted by molar-refractivity contribution is 7.99. The fraction of sp³-hybridized carbons (Fsp3) is 0.474. The van der Waals surface area contributed by atoms with Crippen molar-refractivity contribution in [3.63, 3.8) is 0 Å². The predicted octanol–water partition coefficient (Wildman–Crippen LogP) is 2.36. The van der Waals surface area contributed by atoms with Crippen molar-refractivity contribution >= 4 is 21.8 Å². The molecule has 0 radical (unpaired) electrons. The summed E-state index contributed by atoms with van der Waals surface area (Å²) in [5.41, 5.74) is 0.597. The van der Waals surface area contributed by atoms with E-state index < -0.39 is 16.3 Å². The van der Waals surface area contributed by atoms with Crippen molar-refractivity contribution in [3.05, 3.63) is 36.0 Å². The van der Waals surface area contributed by atoms with Crippen LogP contribution in [0.5, 0.6) is 0 Å². The molecule has 174 valence electrons. The first-order chi connectivity index (χ1) is 15.2. The van der Waals surface area contributed by atoms with Gasteiger partial charge in [0.15, 0.2) is 23.1 Å². The lowest BCUT2D eigenvalue weighted by Crippen LogP contribution is -2.22. The molecule has 2 aromatic heterocycles. The number of sulfonamides is 1. The number of hydrogen-bond donors (Lipinski definition) is 0. The van der Waals surface area contributed by atoms with Crippen molar-refractivity contribution in [1.82, 2.24) is 29.2 Å². The molecule has 11 nitrogen and oxygen atoms in total. The molecule has 0 bridgehead atoms. The Morgan fingerprint density at radius 3 is 2.53 bits per heavy atom. The monoisotopic (exact) mass is 482 g/mol. The SMILES string of the molecule is COC(Cn1c(SC(C)c2nc(C)no2)nnc1-c1cccc(S(=O)(=O)N(C)C)c1)OC. The zero-order chi connectivity index (χ0) is 23.5. The molecule has 0 saturated carbocycles. The fourth-order valence-electron chi connectivity index (χ4n) is 2.84. The van der Waals surface area contributed by atoms with Gasteiger partial charge in [-0.2, -0.15) is 4.98 Å². The lowest BCUT2D eigenvalue weighted by atomic mass is 10.2. The molecule has 0 fully saturated rings. The van der Waals surface area contributed by atoms with Gasteiger partial charge in [0.2, 0.25) is 15.9 Å². The maximum absolute atomic E-state index is 12.6. The third-order valence-corrected chi connectivity index (χ3v) is 7.50. The van der Waals surface area contributed by atoms with Crippen LogP contribution in [0.1, 0.15) is 23.9 Å². The maximum atomic E-state index is 12.6. The van der Waals surface area contributed by atoms with E-state index in [0.717, 1.165) is 4.31 Å². The van der Waals surface area contributed by atoms with Crippen LogP contribution in [0.2, 0.25) is 0 Å². The number of aromatic nitrogens is 5. The summed E-state index contributed by atoms with van der Waals surface area (Å²) in [6, 6.07) is 6.57. The van der Waals surface area contributed by atoms with Crippen LogP contribution >= 0.6 is 11.8 Å². The smallest absolute Gasteiger partial charge is 0.242 e. The Kier molecular flexibility index (Phi) is 7.67. The van der Waals surface area contributed by atoms with Gasteiger partial charge in [0.1, 0.15) is 0 Å². The van der Waals surface area contributed by atoms with Crippen LogP contribution in [-0.2, 0) is 26.0 Å². The third kappa shape index (κ3) is 5.18. The van der Waals surface area contributed by atoms with E-state index in [1.54, 1.807) is 45.4 Å². The van der Waals surface area contributed by atoms with Gasteiger partial charge in [-0.15, -0.1) is 10.2 Å². The Bertz CT molecular complexity index is 1160. The lowest BCUT2D eigenvalue weighted by molar-refractivity contribution is -0.111. The van der Waals surface area contributed by atoms with Gasteiger partial charge in [-0.25, -0.2) is 12.7 Å². The van der Waals surface area contributed by atoms with Gasteiger partial charge in [0.05, 0.1) is 16.7 Å². The molecular weight excluding hydrogens is 456 g/mol. The summed E-state index contributed by atoms with van der Waals surface area (Å²) >= 11 is 1.39. The molecule has 0 aliphatic rings. The van der Waals surface area contributed by atoms with Crippen molar-refractivity contribution in [2.45, 2.75) is 42.0 Å². The van der Waals surface area contributed by atoms with Crippen molar-refractivity contribution in [3.8, 4) is 11.4 Å². The third-order valence-electron chi connectivity index (χ3n) is 4.62. The molecule has 0 aliphatic carbocycles. The number of ether oxygens (including phenoxy) is 2. The van der Waals surface area contributed by atoms with E-state index in [0.29, 0.717) is 28.3 Å². The van der Waals surface area contributed by atoms with Gasteiger partial charge in [0, 0.05) is 33.9 Å². The molecule has 0 saturated heterocycles. The van der Waals surface area contributed by atoms with Crippen LogP contribution in [0.15, 0.2) is 38.8 Å². The molecule has 32 heavy (non-hydrogen) atoms. The normalized spacial score (nSPS) is 13.2. The number of rotatable bonds is 10. The Morgan fingerprint density at radius 2 is 1.94 bits per heavy atom. The molecule has 0 N–H and O–H groups in total. The summed E-state index contributed by atoms with van der Waals surface area (Å²) in [4.78, 5) is 4.43. The highest BCUT2D eigenvalue weighted by Crippen LogP contribution is 2.35. The van der Waals surface area contributed by atoms with E-state index in [2.05, 4.69) is 20.3 Å². The molecule has 1 aromatic carbocycles. The summed E-state index contributed by atoms with van der Waals surface area (Å²) in [7, 11) is 2.45. The Balaban J connectivity index is 2.03. The van der Waals surface area contributed by atoms with Crippen LogP contribution in [-0.4, -0.2) is 72.2 Å². The molecule has 1 unspecified atom stereocenters. The highest BCUT2D eigenvalue weighted by Gasteiger charge is 2.24. The minimum Gasteiger partial charge on any atom is -0.354 e. The second-order valence-electron chi connectivity index (χ2n) is 7.07. The highest BCUT2D eigenvalue weighted by atomic mass is 32.2. The second-order valence-corrected chi connectivity index (χ2v) is 10.5. The zero-order valence-corrected chi connectivity index (χ0v) is 20.3. The molecule has 3 rings (SSSR count). The topological polar surface area (TPSA) is 125 Å². The summed E-state index contributed by atoms with van der Waals surface area (Å²) < 4.78 is 44.2. The van der Waals surface area contributed by atoms with E-state index in [4.69, 9.17) is 14.0 Å². The first kappa shape index (κ1) is 24.3. The maximum Gasteiger partial charge on any atom is 0.242 e. The van der Waals surface area contributed by atoms with E-state index in [-0.39, 0.29) is 16.7 Å². The number of aryl methyl sites for hydroxylation is 1. The van der Waals surface area contributed by atoms with Gasteiger partial charge in [-0.1, -0.05) is 29.1 Å². The molecular formula is C19H26N6O5S2. The number of hydrogen-bond acceptors (Lipinski definition) is 10. The standard InChI is InChI=1S/C19H26N6O5S2/c1-12(18-20-13(2)23-30-18)31-19-22-21-17(25(19)11-16(28-5)29-6)14-8-7-9-15(10-14)32(26,27)24(3)4/h7-10,12,16H,11H2,1-6H3. The second kappa shape index (κ2) is 10.1. The first-order valence-corrected chi connectivity index (χ1v) is 12.0. The van der Waals surface area contributed by atoms with Gasteiger partial charge >= 0.3 is 0 Å². The molecule has 1 atom stereocenters. The largest absolute Gasteiger partial charge is 0.354 e. The van der Waals surface area contributed by atoms with Gasteiger partial charge in [0.25, 0.3) is 0 Å². The zero-order valence-electron chi connectivity index (χ0n) is 18.7. The number of benzene rings is 1. The quantitative estimate of drug-likeness (QED) is 0.314. The Hall–Kier alpha value is -2.32. The van der Waals surface area contributed by atoms with Gasteiger partial charge in [-0.05, 0) is 26.0 Å². The molecule has 0 amide bonds. The van der Waals surface area contributed by atoms with Crippen LogP contribution in [0.4, 0.5) is 0 Å². The molecule has 0 aliphatic heterocycles. The van der Waals surface area contributed by atoms with E-state index in [1.807, 2.05) is 11.5 Å². The van der Waals surface area contributed by atoms with Crippen LogP contribution in [0.3, 0.4) is 0 Å². The Labute approximate surface area is 191 Å². The van der Waals surface area contributed by atoms with Crippen LogP contribution in [0, 0.1) is 6.92 Å². The van der Waals surface area contributed by atoms with Crippen molar-refractivity contribution < 1.29 is 22.4 Å². The predicted molar refractivity (Wildman–Crippen MR) is 117 cm³/mol. The summed E-state index contributed by atoms with van der Waals surface area (Å²) in [5.74, 6) is 1.50. The van der Waals surface area contributed by atoms with Crippen molar-refractivity contribution in [2.24, 2.45) is 0 Å². The number of methoxy groups -OCH3 is 2.